The van der Waals surface area contributed by atoms with Gasteiger partial charge in [0.1, 0.15) is 0 Å². The molecule has 0 aliphatic heterocycles. The molecule has 0 aliphatic carbocycles. The van der Waals surface area contributed by atoms with E-state index in [2.05, 4.69) is 33.4 Å². The summed E-state index contributed by atoms with van der Waals surface area (Å²) in [5.74, 6) is 0.333. The van der Waals surface area contributed by atoms with Gasteiger partial charge in [0.05, 0.1) is 30.0 Å². The minimum atomic E-state index is -4.53. The first kappa shape index (κ1) is 26.7. The molecule has 180 valence electrons. The molecule has 0 radical (unpaired) electrons. The van der Waals surface area contributed by atoms with Crippen molar-refractivity contribution in [3.63, 3.8) is 0 Å². The van der Waals surface area contributed by atoms with E-state index in [4.69, 9.17) is 9.47 Å². The van der Waals surface area contributed by atoms with E-state index in [1.165, 1.54) is 51.1 Å². The van der Waals surface area contributed by atoms with Gasteiger partial charge in [0.25, 0.3) is 5.91 Å². The predicted octanol–water partition coefficient (Wildman–Crippen LogP) is 6.98. The van der Waals surface area contributed by atoms with Crippen molar-refractivity contribution in [2.45, 2.75) is 51.6 Å². The molecule has 0 heterocycles. The van der Waals surface area contributed by atoms with Gasteiger partial charge in [-0.3, -0.25) is 4.79 Å². The highest BCUT2D eigenvalue weighted by atomic mass is 79.9. The number of alkyl halides is 3. The molecule has 1 amide bonds. The molecule has 2 aromatic rings. The highest BCUT2D eigenvalue weighted by Gasteiger charge is 2.30. The Kier molecular flexibility index (Phi) is 10.7. The van der Waals surface area contributed by atoms with Crippen LogP contribution in [0.2, 0.25) is 0 Å². The number of benzene rings is 2. The first-order chi connectivity index (χ1) is 15.8. The molecule has 0 saturated heterocycles. The summed E-state index contributed by atoms with van der Waals surface area (Å²) in [6, 6.07) is 7.59. The third kappa shape index (κ3) is 8.72. The zero-order valence-corrected chi connectivity index (χ0v) is 20.3. The molecule has 5 nitrogen and oxygen atoms in total. The molecule has 0 atom stereocenters. The molecule has 1 N–H and O–H groups in total. The number of carbonyl (C=O) groups is 1. The Labute approximate surface area is 200 Å². The summed E-state index contributed by atoms with van der Waals surface area (Å²) >= 11 is 3.47. The van der Waals surface area contributed by atoms with Gasteiger partial charge in [-0.2, -0.15) is 18.3 Å². The molecule has 0 spiro atoms. The maximum absolute atomic E-state index is 12.8. The summed E-state index contributed by atoms with van der Waals surface area (Å²) in [4.78, 5) is 12.1. The lowest BCUT2D eigenvalue weighted by Crippen LogP contribution is -2.18. The van der Waals surface area contributed by atoms with Crippen LogP contribution in [0.25, 0.3) is 0 Å². The van der Waals surface area contributed by atoms with Crippen LogP contribution in [0.1, 0.15) is 66.9 Å². The second-order valence-electron chi connectivity index (χ2n) is 7.43. The molecule has 2 rings (SSSR count). The Bertz CT molecular complexity index is 949. The minimum Gasteiger partial charge on any atom is -0.493 e. The maximum Gasteiger partial charge on any atom is 0.416 e. The van der Waals surface area contributed by atoms with Gasteiger partial charge in [0.2, 0.25) is 0 Å². The van der Waals surface area contributed by atoms with Crippen LogP contribution in [0.15, 0.2) is 46.0 Å². The molecule has 0 unspecified atom stereocenters. The number of nitrogens with one attached hydrogen (secondary N) is 1. The van der Waals surface area contributed by atoms with Gasteiger partial charge >= 0.3 is 6.18 Å². The van der Waals surface area contributed by atoms with E-state index >= 15 is 0 Å². The Hall–Kier alpha value is -2.55. The largest absolute Gasteiger partial charge is 0.493 e. The van der Waals surface area contributed by atoms with Crippen molar-refractivity contribution < 1.29 is 27.4 Å². The van der Waals surface area contributed by atoms with Gasteiger partial charge < -0.3 is 9.47 Å². The number of halogens is 4. The molecule has 33 heavy (non-hydrogen) atoms. The summed E-state index contributed by atoms with van der Waals surface area (Å²) in [7, 11) is 1.52. The van der Waals surface area contributed by atoms with Crippen molar-refractivity contribution in [1.29, 1.82) is 0 Å². The van der Waals surface area contributed by atoms with Gasteiger partial charge in [-0.1, -0.05) is 45.1 Å². The van der Waals surface area contributed by atoms with Crippen LogP contribution in [0.3, 0.4) is 0 Å². The number of hydrogen-bond donors (Lipinski definition) is 1. The topological polar surface area (TPSA) is 59.9 Å². The van der Waals surface area contributed by atoms with E-state index in [-0.39, 0.29) is 5.56 Å². The number of hydrazone groups is 1. The van der Waals surface area contributed by atoms with Crippen molar-refractivity contribution in [1.82, 2.24) is 5.43 Å². The van der Waals surface area contributed by atoms with Gasteiger partial charge in [-0.15, -0.1) is 0 Å². The molecular weight excluding hydrogens is 501 g/mol. The summed E-state index contributed by atoms with van der Waals surface area (Å²) in [5, 5.41) is 3.84. The third-order valence-electron chi connectivity index (χ3n) is 4.83. The van der Waals surface area contributed by atoms with E-state index in [0.717, 1.165) is 25.0 Å². The van der Waals surface area contributed by atoms with E-state index < -0.39 is 17.6 Å². The summed E-state index contributed by atoms with van der Waals surface area (Å²) in [6.45, 7) is 2.76. The zero-order chi connectivity index (χ0) is 24.3. The summed E-state index contributed by atoms with van der Waals surface area (Å²) in [6.07, 6.45) is 3.80. The lowest BCUT2D eigenvalue weighted by atomic mass is 10.1. The first-order valence-electron chi connectivity index (χ1n) is 10.8. The second kappa shape index (κ2) is 13.2. The number of methoxy groups -OCH3 is 1. The van der Waals surface area contributed by atoms with E-state index in [1.807, 2.05) is 0 Å². The SMILES string of the molecule is CCCCCCCCOc1c(Br)cc(/C=N/NC(=O)c2cccc(C(F)(F)F)c2)cc1OC. The molecule has 9 heteroatoms. The van der Waals surface area contributed by atoms with Crippen LogP contribution >= 0.6 is 15.9 Å². The van der Waals surface area contributed by atoms with Crippen molar-refractivity contribution in [2.75, 3.05) is 13.7 Å². The molecule has 0 aromatic heterocycles. The number of ether oxygens (including phenoxy) is 2. The van der Waals surface area contributed by atoms with Gasteiger partial charge in [-0.05, 0) is 58.2 Å². The standard InChI is InChI=1S/C24H28BrF3N2O3/c1-3-4-5-6-7-8-12-33-22-20(25)13-17(14-21(22)32-2)16-29-30-23(31)18-10-9-11-19(15-18)24(26,27)28/h9-11,13-16H,3-8,12H2,1-2H3,(H,30,31)/b29-16+. The predicted molar refractivity (Wildman–Crippen MR) is 126 cm³/mol. The molecule has 0 bridgehead atoms. The Morgan fingerprint density at radius 2 is 1.85 bits per heavy atom. The number of rotatable bonds is 12. The molecule has 0 saturated carbocycles. The van der Waals surface area contributed by atoms with Gasteiger partial charge in [0, 0.05) is 5.56 Å². The zero-order valence-electron chi connectivity index (χ0n) is 18.7. The third-order valence-corrected chi connectivity index (χ3v) is 5.42. The lowest BCUT2D eigenvalue weighted by Gasteiger charge is -2.13. The van der Waals surface area contributed by atoms with E-state index in [0.29, 0.717) is 28.1 Å². The van der Waals surface area contributed by atoms with Crippen LogP contribution in [-0.4, -0.2) is 25.8 Å². The fourth-order valence-corrected chi connectivity index (χ4v) is 3.65. The van der Waals surface area contributed by atoms with E-state index in [9.17, 15) is 18.0 Å². The Morgan fingerprint density at radius 3 is 2.55 bits per heavy atom. The number of amides is 1. The van der Waals surface area contributed by atoms with Crippen LogP contribution in [0, 0.1) is 0 Å². The molecule has 0 aliphatic rings. The van der Waals surface area contributed by atoms with Crippen molar-refractivity contribution in [3.05, 3.63) is 57.6 Å². The molecular formula is C24H28BrF3N2O3. The average molecular weight is 529 g/mol. The number of carbonyl (C=O) groups excluding carboxylic acids is 1. The second-order valence-corrected chi connectivity index (χ2v) is 8.28. The number of nitrogens with zero attached hydrogens (tertiary/aromatic N) is 1. The lowest BCUT2D eigenvalue weighted by molar-refractivity contribution is -0.137. The van der Waals surface area contributed by atoms with Crippen molar-refractivity contribution in [2.24, 2.45) is 5.10 Å². The number of unbranched alkanes of at least 4 members (excludes halogenated alkanes) is 5. The Balaban J connectivity index is 1.96. The summed E-state index contributed by atoms with van der Waals surface area (Å²) < 4.78 is 50.4. The molecule has 0 fully saturated rings. The highest BCUT2D eigenvalue weighted by Crippen LogP contribution is 2.36. The minimum absolute atomic E-state index is 0.140. The fourth-order valence-electron chi connectivity index (χ4n) is 3.08. The molecule has 2 aromatic carbocycles. The fraction of sp³-hybridized carbons (Fsp3) is 0.417. The van der Waals surface area contributed by atoms with Crippen LogP contribution < -0.4 is 14.9 Å². The Morgan fingerprint density at radius 1 is 1.12 bits per heavy atom. The van der Waals surface area contributed by atoms with Crippen LogP contribution in [-0.2, 0) is 6.18 Å². The van der Waals surface area contributed by atoms with Crippen LogP contribution in [0.5, 0.6) is 11.5 Å². The van der Waals surface area contributed by atoms with Gasteiger partial charge in [0.15, 0.2) is 11.5 Å². The van der Waals surface area contributed by atoms with E-state index in [1.54, 1.807) is 12.1 Å². The number of hydrogen-bond acceptors (Lipinski definition) is 4. The maximum atomic E-state index is 12.8. The quantitative estimate of drug-likeness (QED) is 0.183. The monoisotopic (exact) mass is 528 g/mol. The normalized spacial score (nSPS) is 11.6. The van der Waals surface area contributed by atoms with Crippen LogP contribution in [0.4, 0.5) is 13.2 Å². The van der Waals surface area contributed by atoms with Gasteiger partial charge in [-0.25, -0.2) is 5.43 Å². The van der Waals surface area contributed by atoms with Crippen molar-refractivity contribution in [3.8, 4) is 11.5 Å². The first-order valence-corrected chi connectivity index (χ1v) is 11.6. The summed E-state index contributed by atoms with van der Waals surface area (Å²) in [5.41, 5.74) is 1.80. The van der Waals surface area contributed by atoms with Crippen molar-refractivity contribution >= 4 is 28.1 Å². The average Bonchev–Trinajstić information content (AvgIpc) is 2.78. The smallest absolute Gasteiger partial charge is 0.416 e. The highest BCUT2D eigenvalue weighted by molar-refractivity contribution is 9.10.